The highest BCUT2D eigenvalue weighted by molar-refractivity contribution is 7.92. The lowest BCUT2D eigenvalue weighted by atomic mass is 10.2. The van der Waals surface area contributed by atoms with E-state index in [0.29, 0.717) is 28.8 Å². The number of anilines is 2. The average molecular weight is 411 g/mol. The molecule has 0 fully saturated rings. The number of hydrogen-bond donors (Lipinski definition) is 1. The van der Waals surface area contributed by atoms with Crippen LogP contribution in [0.5, 0.6) is 5.75 Å². The van der Waals surface area contributed by atoms with E-state index in [0.717, 1.165) is 22.5 Å². The smallest absolute Gasteiger partial charge is 0.245 e. The minimum absolute atomic E-state index is 0.347. The van der Waals surface area contributed by atoms with E-state index in [2.05, 4.69) is 5.32 Å². The minimum Gasteiger partial charge on any atom is -0.494 e. The van der Waals surface area contributed by atoms with Crippen molar-refractivity contribution < 1.29 is 17.9 Å². The van der Waals surface area contributed by atoms with Crippen LogP contribution in [0.2, 0.25) is 5.02 Å². The predicted octanol–water partition coefficient (Wildman–Crippen LogP) is 3.84. The van der Waals surface area contributed by atoms with Gasteiger partial charge < -0.3 is 10.1 Å². The van der Waals surface area contributed by atoms with Gasteiger partial charge in [0.25, 0.3) is 0 Å². The van der Waals surface area contributed by atoms with Gasteiger partial charge >= 0.3 is 0 Å². The van der Waals surface area contributed by atoms with Gasteiger partial charge in [-0.1, -0.05) is 24.6 Å². The number of nitrogens with one attached hydrogen (secondary N) is 1. The van der Waals surface area contributed by atoms with Crippen molar-refractivity contribution in [2.45, 2.75) is 20.3 Å². The summed E-state index contributed by atoms with van der Waals surface area (Å²) in [5, 5.41) is 3.19. The first-order valence-corrected chi connectivity index (χ1v) is 10.7. The van der Waals surface area contributed by atoms with Gasteiger partial charge in [0, 0.05) is 10.7 Å². The lowest BCUT2D eigenvalue weighted by Gasteiger charge is -2.22. The zero-order valence-electron chi connectivity index (χ0n) is 15.5. The van der Waals surface area contributed by atoms with E-state index >= 15 is 0 Å². The number of benzene rings is 2. The molecule has 0 aliphatic carbocycles. The summed E-state index contributed by atoms with van der Waals surface area (Å²) >= 11 is 5.96. The molecule has 0 saturated carbocycles. The Morgan fingerprint density at radius 2 is 1.85 bits per heavy atom. The monoisotopic (exact) mass is 410 g/mol. The molecule has 0 aliphatic rings. The minimum atomic E-state index is -3.65. The highest BCUT2D eigenvalue weighted by atomic mass is 35.5. The Hall–Kier alpha value is -2.25. The van der Waals surface area contributed by atoms with Crippen LogP contribution in [0.4, 0.5) is 11.4 Å². The highest BCUT2D eigenvalue weighted by Gasteiger charge is 2.21. The zero-order chi connectivity index (χ0) is 20.0. The van der Waals surface area contributed by atoms with Crippen LogP contribution in [-0.4, -0.2) is 33.7 Å². The number of sulfonamides is 1. The van der Waals surface area contributed by atoms with E-state index in [1.165, 1.54) is 0 Å². The van der Waals surface area contributed by atoms with E-state index in [-0.39, 0.29) is 6.54 Å². The number of amides is 1. The number of nitrogens with zero attached hydrogens (tertiary/aromatic N) is 1. The topological polar surface area (TPSA) is 75.7 Å². The van der Waals surface area contributed by atoms with Gasteiger partial charge in [0.1, 0.15) is 12.3 Å². The van der Waals surface area contributed by atoms with Crippen molar-refractivity contribution in [3.05, 3.63) is 53.1 Å². The second-order valence-corrected chi connectivity index (χ2v) is 8.46. The van der Waals surface area contributed by atoms with Crippen molar-refractivity contribution in [2.75, 3.05) is 29.0 Å². The Balaban J connectivity index is 2.17. The SMILES string of the molecule is CCCOc1ccc(N(CC(=O)Nc2cc(Cl)ccc2C)S(C)(=O)=O)cc1. The molecule has 2 aromatic rings. The summed E-state index contributed by atoms with van der Waals surface area (Å²) in [7, 11) is -3.65. The summed E-state index contributed by atoms with van der Waals surface area (Å²) in [5.74, 6) is 0.185. The van der Waals surface area contributed by atoms with Gasteiger partial charge in [-0.25, -0.2) is 8.42 Å². The lowest BCUT2D eigenvalue weighted by Crippen LogP contribution is -2.37. The fraction of sp³-hybridized carbons (Fsp3) is 0.316. The first kappa shape index (κ1) is 21.1. The number of rotatable bonds is 8. The molecule has 8 heteroatoms. The van der Waals surface area contributed by atoms with Gasteiger partial charge in [0.05, 0.1) is 18.6 Å². The standard InChI is InChI=1S/C19H23ClN2O4S/c1-4-11-26-17-9-7-16(8-10-17)22(27(3,24)25)13-19(23)21-18-12-15(20)6-5-14(18)2/h5-10,12H,4,11,13H2,1-3H3,(H,21,23). The maximum absolute atomic E-state index is 12.4. The zero-order valence-corrected chi connectivity index (χ0v) is 17.1. The van der Waals surface area contributed by atoms with E-state index < -0.39 is 15.9 Å². The van der Waals surface area contributed by atoms with Crippen LogP contribution in [0.1, 0.15) is 18.9 Å². The van der Waals surface area contributed by atoms with Crippen LogP contribution in [0, 0.1) is 6.92 Å². The Kier molecular flexibility index (Phi) is 7.10. The normalized spacial score (nSPS) is 11.1. The second kappa shape index (κ2) is 9.10. The number of aryl methyl sites for hydroxylation is 1. The molecular weight excluding hydrogens is 388 g/mol. The van der Waals surface area contributed by atoms with Crippen molar-refractivity contribution in [1.82, 2.24) is 0 Å². The summed E-state index contributed by atoms with van der Waals surface area (Å²) in [6.45, 7) is 4.06. The van der Waals surface area contributed by atoms with Crippen LogP contribution in [-0.2, 0) is 14.8 Å². The van der Waals surface area contributed by atoms with Crippen molar-refractivity contribution in [3.8, 4) is 5.75 Å². The van der Waals surface area contributed by atoms with Crippen LogP contribution < -0.4 is 14.4 Å². The molecule has 27 heavy (non-hydrogen) atoms. The van der Waals surface area contributed by atoms with Crippen LogP contribution >= 0.6 is 11.6 Å². The molecular formula is C19H23ClN2O4S. The van der Waals surface area contributed by atoms with Gasteiger partial charge in [-0.3, -0.25) is 9.10 Å². The summed E-state index contributed by atoms with van der Waals surface area (Å²) in [6.07, 6.45) is 1.94. The molecule has 0 unspecified atom stereocenters. The third-order valence-corrected chi connectivity index (χ3v) is 5.13. The van der Waals surface area contributed by atoms with Gasteiger partial charge in [0.2, 0.25) is 15.9 Å². The largest absolute Gasteiger partial charge is 0.494 e. The number of hydrogen-bond acceptors (Lipinski definition) is 4. The molecule has 0 heterocycles. The molecule has 0 spiro atoms. The highest BCUT2D eigenvalue weighted by Crippen LogP contribution is 2.23. The van der Waals surface area contributed by atoms with E-state index in [1.54, 1.807) is 42.5 Å². The molecule has 0 radical (unpaired) electrons. The summed E-state index contributed by atoms with van der Waals surface area (Å²) < 4.78 is 30.9. The molecule has 2 aromatic carbocycles. The predicted molar refractivity (Wildman–Crippen MR) is 109 cm³/mol. The molecule has 2 rings (SSSR count). The van der Waals surface area contributed by atoms with E-state index in [4.69, 9.17) is 16.3 Å². The number of carbonyl (C=O) groups excluding carboxylic acids is 1. The molecule has 0 bridgehead atoms. The second-order valence-electron chi connectivity index (χ2n) is 6.12. The van der Waals surface area contributed by atoms with Crippen LogP contribution in [0.3, 0.4) is 0 Å². The van der Waals surface area contributed by atoms with Crippen molar-refractivity contribution in [3.63, 3.8) is 0 Å². The molecule has 146 valence electrons. The molecule has 0 atom stereocenters. The van der Waals surface area contributed by atoms with Crippen LogP contribution in [0.25, 0.3) is 0 Å². The number of ether oxygens (including phenoxy) is 1. The average Bonchev–Trinajstić information content (AvgIpc) is 2.60. The third kappa shape index (κ3) is 6.15. The molecule has 0 aromatic heterocycles. The van der Waals surface area contributed by atoms with Gasteiger partial charge in [-0.05, 0) is 55.3 Å². The number of halogens is 1. The number of carbonyl (C=O) groups is 1. The molecule has 1 N–H and O–H groups in total. The van der Waals surface area contributed by atoms with Crippen molar-refractivity contribution >= 4 is 38.9 Å². The van der Waals surface area contributed by atoms with Gasteiger partial charge in [-0.2, -0.15) is 0 Å². The van der Waals surface area contributed by atoms with E-state index in [9.17, 15) is 13.2 Å². The maximum Gasteiger partial charge on any atom is 0.245 e. The molecule has 6 nitrogen and oxygen atoms in total. The Labute approximate surface area is 165 Å². The summed E-state index contributed by atoms with van der Waals surface area (Å²) in [5.41, 5.74) is 1.76. The summed E-state index contributed by atoms with van der Waals surface area (Å²) in [4.78, 5) is 12.4. The molecule has 1 amide bonds. The van der Waals surface area contributed by atoms with Crippen molar-refractivity contribution in [2.24, 2.45) is 0 Å². The van der Waals surface area contributed by atoms with Crippen molar-refractivity contribution in [1.29, 1.82) is 0 Å². The van der Waals surface area contributed by atoms with E-state index in [1.807, 2.05) is 13.8 Å². The first-order valence-electron chi connectivity index (χ1n) is 8.47. The van der Waals surface area contributed by atoms with Gasteiger partial charge in [0.15, 0.2) is 0 Å². The Bertz CT molecular complexity index is 898. The fourth-order valence-corrected chi connectivity index (χ4v) is 3.41. The fourth-order valence-electron chi connectivity index (χ4n) is 2.38. The molecule has 0 saturated heterocycles. The Morgan fingerprint density at radius 1 is 1.19 bits per heavy atom. The Morgan fingerprint density at radius 3 is 2.44 bits per heavy atom. The first-order chi connectivity index (χ1) is 12.7. The molecule has 0 aliphatic heterocycles. The quantitative estimate of drug-likeness (QED) is 0.717. The van der Waals surface area contributed by atoms with Gasteiger partial charge in [-0.15, -0.1) is 0 Å². The summed E-state index contributed by atoms with van der Waals surface area (Å²) in [6, 6.07) is 11.7. The third-order valence-electron chi connectivity index (χ3n) is 3.76. The van der Waals surface area contributed by atoms with Crippen LogP contribution in [0.15, 0.2) is 42.5 Å². The lowest BCUT2D eigenvalue weighted by molar-refractivity contribution is -0.114. The maximum atomic E-state index is 12.4.